The third kappa shape index (κ3) is 4.10. The third-order valence-corrected chi connectivity index (χ3v) is 5.06. The quantitative estimate of drug-likeness (QED) is 0.812. The van der Waals surface area contributed by atoms with Crippen LogP contribution in [0.1, 0.15) is 48.9 Å². The van der Waals surface area contributed by atoms with Crippen molar-refractivity contribution in [1.29, 1.82) is 0 Å². The maximum atomic E-state index is 12.0. The molecule has 138 valence electrons. The Balaban J connectivity index is 1.96. The molecular formula is C20H23ClN2O3. The number of carbonyl (C=O) groups is 1. The van der Waals surface area contributed by atoms with Crippen molar-refractivity contribution in [3.63, 3.8) is 0 Å². The van der Waals surface area contributed by atoms with E-state index in [1.54, 1.807) is 6.07 Å². The SMILES string of the molecule is CCOc1ccc(C(C[C@H]2CCC(=O)N2)c2ccc(Cl)c(=O)[nH]2)cc1C. The third-order valence-electron chi connectivity index (χ3n) is 4.77. The van der Waals surface area contributed by atoms with E-state index in [0.29, 0.717) is 13.0 Å². The fourth-order valence-electron chi connectivity index (χ4n) is 3.46. The summed E-state index contributed by atoms with van der Waals surface area (Å²) in [6.07, 6.45) is 2.08. The zero-order chi connectivity index (χ0) is 18.7. The highest BCUT2D eigenvalue weighted by molar-refractivity contribution is 6.30. The average Bonchev–Trinajstić information content (AvgIpc) is 3.02. The van der Waals surface area contributed by atoms with Crippen LogP contribution in [0.2, 0.25) is 5.02 Å². The highest BCUT2D eigenvalue weighted by atomic mass is 35.5. The second-order valence-corrected chi connectivity index (χ2v) is 7.05. The van der Waals surface area contributed by atoms with Crippen molar-refractivity contribution in [3.8, 4) is 5.75 Å². The second-order valence-electron chi connectivity index (χ2n) is 6.64. The number of rotatable bonds is 6. The Hall–Kier alpha value is -2.27. The van der Waals surface area contributed by atoms with Gasteiger partial charge >= 0.3 is 0 Å². The highest BCUT2D eigenvalue weighted by Crippen LogP contribution is 2.32. The molecule has 1 unspecified atom stereocenters. The van der Waals surface area contributed by atoms with Crippen LogP contribution in [0.25, 0.3) is 0 Å². The largest absolute Gasteiger partial charge is 0.494 e. The monoisotopic (exact) mass is 374 g/mol. The van der Waals surface area contributed by atoms with E-state index < -0.39 is 0 Å². The molecule has 2 atom stereocenters. The van der Waals surface area contributed by atoms with Crippen molar-refractivity contribution < 1.29 is 9.53 Å². The number of aromatic amines is 1. The first kappa shape index (κ1) is 18.5. The van der Waals surface area contributed by atoms with Crippen LogP contribution in [0, 0.1) is 6.92 Å². The van der Waals surface area contributed by atoms with E-state index in [9.17, 15) is 9.59 Å². The molecule has 1 aromatic heterocycles. The number of aromatic nitrogens is 1. The maximum absolute atomic E-state index is 12.0. The van der Waals surface area contributed by atoms with E-state index in [0.717, 1.165) is 35.4 Å². The van der Waals surface area contributed by atoms with Gasteiger partial charge in [-0.15, -0.1) is 0 Å². The number of pyridine rings is 1. The number of carbonyl (C=O) groups excluding carboxylic acids is 1. The number of benzene rings is 1. The van der Waals surface area contributed by atoms with Crippen LogP contribution in [0.3, 0.4) is 0 Å². The molecule has 2 aromatic rings. The summed E-state index contributed by atoms with van der Waals surface area (Å²) in [6, 6.07) is 9.63. The van der Waals surface area contributed by atoms with Gasteiger partial charge in [-0.1, -0.05) is 23.7 Å². The first-order chi connectivity index (χ1) is 12.5. The Morgan fingerprint density at radius 1 is 1.27 bits per heavy atom. The van der Waals surface area contributed by atoms with E-state index in [1.165, 1.54) is 0 Å². The molecule has 3 rings (SSSR count). The Morgan fingerprint density at radius 2 is 2.08 bits per heavy atom. The van der Waals surface area contributed by atoms with Gasteiger partial charge in [0.1, 0.15) is 10.8 Å². The number of hydrogen-bond donors (Lipinski definition) is 2. The molecule has 6 heteroatoms. The summed E-state index contributed by atoms with van der Waals surface area (Å²) < 4.78 is 5.63. The van der Waals surface area contributed by atoms with Gasteiger partial charge in [-0.05, 0) is 56.0 Å². The maximum Gasteiger partial charge on any atom is 0.266 e. The van der Waals surface area contributed by atoms with Crippen LogP contribution in [0.5, 0.6) is 5.75 Å². The van der Waals surface area contributed by atoms with Gasteiger partial charge in [-0.2, -0.15) is 0 Å². The van der Waals surface area contributed by atoms with Gasteiger partial charge in [0.2, 0.25) is 5.91 Å². The van der Waals surface area contributed by atoms with Gasteiger partial charge in [0.25, 0.3) is 5.56 Å². The normalized spacial score (nSPS) is 17.8. The van der Waals surface area contributed by atoms with E-state index in [4.69, 9.17) is 16.3 Å². The molecule has 1 aromatic carbocycles. The zero-order valence-electron chi connectivity index (χ0n) is 15.0. The summed E-state index contributed by atoms with van der Waals surface area (Å²) in [4.78, 5) is 26.5. The van der Waals surface area contributed by atoms with Gasteiger partial charge < -0.3 is 15.0 Å². The molecule has 0 radical (unpaired) electrons. The summed E-state index contributed by atoms with van der Waals surface area (Å²) in [5, 5.41) is 3.19. The summed E-state index contributed by atoms with van der Waals surface area (Å²) in [5.74, 6) is 0.896. The van der Waals surface area contributed by atoms with Gasteiger partial charge in [0, 0.05) is 24.1 Å². The first-order valence-electron chi connectivity index (χ1n) is 8.89. The van der Waals surface area contributed by atoms with Crippen LogP contribution in [0.4, 0.5) is 0 Å². The lowest BCUT2D eigenvalue weighted by atomic mass is 9.87. The van der Waals surface area contributed by atoms with Crippen LogP contribution in [-0.2, 0) is 4.79 Å². The fraction of sp³-hybridized carbons (Fsp3) is 0.400. The zero-order valence-corrected chi connectivity index (χ0v) is 15.7. The van der Waals surface area contributed by atoms with Gasteiger partial charge in [-0.3, -0.25) is 9.59 Å². The van der Waals surface area contributed by atoms with E-state index in [2.05, 4.69) is 16.4 Å². The summed E-state index contributed by atoms with van der Waals surface area (Å²) in [5.41, 5.74) is 2.61. The predicted octanol–water partition coefficient (Wildman–Crippen LogP) is 3.54. The number of halogens is 1. The number of H-pyrrole nitrogens is 1. The average molecular weight is 375 g/mol. The Bertz CT molecular complexity index is 862. The molecule has 26 heavy (non-hydrogen) atoms. The smallest absolute Gasteiger partial charge is 0.266 e. The number of amides is 1. The van der Waals surface area contributed by atoms with Crippen LogP contribution in [-0.4, -0.2) is 23.5 Å². The first-order valence-corrected chi connectivity index (χ1v) is 9.27. The summed E-state index contributed by atoms with van der Waals surface area (Å²) >= 11 is 5.88. The van der Waals surface area contributed by atoms with Crippen molar-refractivity contribution in [2.24, 2.45) is 0 Å². The van der Waals surface area contributed by atoms with Crippen molar-refractivity contribution in [2.75, 3.05) is 6.61 Å². The lowest BCUT2D eigenvalue weighted by Crippen LogP contribution is -2.28. The number of ether oxygens (including phenoxy) is 1. The summed E-state index contributed by atoms with van der Waals surface area (Å²) in [7, 11) is 0. The molecule has 1 amide bonds. The molecule has 5 nitrogen and oxygen atoms in total. The topological polar surface area (TPSA) is 71.2 Å². The molecule has 0 saturated carbocycles. The van der Waals surface area contributed by atoms with Crippen LogP contribution in [0.15, 0.2) is 35.1 Å². The minimum Gasteiger partial charge on any atom is -0.494 e. The molecule has 0 aliphatic carbocycles. The number of hydrogen-bond acceptors (Lipinski definition) is 3. The van der Waals surface area contributed by atoms with Crippen molar-refractivity contribution in [3.05, 3.63) is 62.5 Å². The standard InChI is InChI=1S/C20H23ClN2O3/c1-3-26-18-8-4-13(10-12(18)2)15(11-14-5-9-19(24)22-14)17-7-6-16(21)20(25)23-17/h4,6-8,10,14-15H,3,5,9,11H2,1-2H3,(H,22,24)(H,23,25)/t14-,15?/m1/s1. The van der Waals surface area contributed by atoms with Crippen molar-refractivity contribution >= 4 is 17.5 Å². The van der Waals surface area contributed by atoms with Crippen LogP contribution >= 0.6 is 11.6 Å². The molecule has 0 bridgehead atoms. The molecule has 0 spiro atoms. The Labute approximate surface area is 157 Å². The predicted molar refractivity (Wildman–Crippen MR) is 102 cm³/mol. The van der Waals surface area contributed by atoms with Crippen molar-refractivity contribution in [1.82, 2.24) is 10.3 Å². The molecule has 1 aliphatic heterocycles. The molecule has 1 aliphatic rings. The molecule has 1 saturated heterocycles. The van der Waals surface area contributed by atoms with Gasteiger partial charge in [0.05, 0.1) is 6.61 Å². The Morgan fingerprint density at radius 3 is 2.69 bits per heavy atom. The molecule has 2 N–H and O–H groups in total. The fourth-order valence-corrected chi connectivity index (χ4v) is 3.57. The molecule has 2 heterocycles. The molecule has 1 fully saturated rings. The highest BCUT2D eigenvalue weighted by Gasteiger charge is 2.27. The summed E-state index contributed by atoms with van der Waals surface area (Å²) in [6.45, 7) is 4.58. The van der Waals surface area contributed by atoms with Gasteiger partial charge in [-0.25, -0.2) is 0 Å². The number of aryl methyl sites for hydroxylation is 1. The number of nitrogens with one attached hydrogen (secondary N) is 2. The second kappa shape index (κ2) is 7.96. The lowest BCUT2D eigenvalue weighted by molar-refractivity contribution is -0.119. The molecular weight excluding hydrogens is 352 g/mol. The minimum absolute atomic E-state index is 0.0438. The Kier molecular flexibility index (Phi) is 5.67. The van der Waals surface area contributed by atoms with Crippen molar-refractivity contribution in [2.45, 2.75) is 45.1 Å². The van der Waals surface area contributed by atoms with Gasteiger partial charge in [0.15, 0.2) is 0 Å². The minimum atomic E-state index is -0.299. The van der Waals surface area contributed by atoms with Crippen LogP contribution < -0.4 is 15.6 Å². The van der Waals surface area contributed by atoms with E-state index >= 15 is 0 Å². The van der Waals surface area contributed by atoms with E-state index in [1.807, 2.05) is 32.0 Å². The van der Waals surface area contributed by atoms with E-state index in [-0.39, 0.29) is 28.4 Å². The lowest BCUT2D eigenvalue weighted by Gasteiger charge is -2.22.